The van der Waals surface area contributed by atoms with Gasteiger partial charge in [-0.05, 0) is 43.5 Å². The van der Waals surface area contributed by atoms with Crippen LogP contribution in [0.5, 0.6) is 5.75 Å². The Bertz CT molecular complexity index is 287. The normalized spacial score (nSPS) is 10.3. The minimum atomic E-state index is 0.631. The molecule has 0 aliphatic carbocycles. The van der Waals surface area contributed by atoms with Crippen LogP contribution in [-0.4, -0.2) is 12.5 Å². The lowest BCUT2D eigenvalue weighted by molar-refractivity contribution is 0.318. The van der Waals surface area contributed by atoms with Crippen LogP contribution < -0.4 is 4.74 Å². The van der Waals surface area contributed by atoms with Crippen molar-refractivity contribution in [1.29, 1.82) is 0 Å². The van der Waals surface area contributed by atoms with Crippen molar-refractivity contribution in [2.24, 2.45) is 0 Å². The first-order valence-corrected chi connectivity index (χ1v) is 5.52. The molecule has 0 unspecified atom stereocenters. The molecule has 1 nitrogen and oxygen atoms in total. The van der Waals surface area contributed by atoms with E-state index in [1.807, 2.05) is 26.0 Å². The van der Waals surface area contributed by atoms with Gasteiger partial charge in [-0.15, -0.1) is 11.6 Å². The van der Waals surface area contributed by atoms with E-state index in [1.54, 1.807) is 0 Å². The number of halogens is 2. The molecule has 0 radical (unpaired) electrons. The first-order chi connectivity index (χ1) is 6.65. The van der Waals surface area contributed by atoms with Gasteiger partial charge >= 0.3 is 0 Å². The summed E-state index contributed by atoms with van der Waals surface area (Å²) in [5, 5.41) is 0.815. The summed E-state index contributed by atoms with van der Waals surface area (Å²) in [6.45, 7) is 4.61. The van der Waals surface area contributed by atoms with Crippen LogP contribution in [0.1, 0.15) is 17.5 Å². The van der Waals surface area contributed by atoms with E-state index in [2.05, 4.69) is 0 Å². The molecule has 0 aromatic heterocycles. The molecule has 1 rings (SSSR count). The SMILES string of the molecule is Cc1cc(OCCCCl)cc(C)c1Cl. The third-order valence-electron chi connectivity index (χ3n) is 1.96. The zero-order valence-corrected chi connectivity index (χ0v) is 9.95. The van der Waals surface area contributed by atoms with E-state index < -0.39 is 0 Å². The quantitative estimate of drug-likeness (QED) is 0.564. The lowest BCUT2D eigenvalue weighted by Gasteiger charge is -2.09. The molecule has 0 amide bonds. The van der Waals surface area contributed by atoms with Crippen LogP contribution in [0.25, 0.3) is 0 Å². The zero-order chi connectivity index (χ0) is 10.6. The molecular formula is C11H14Cl2O. The summed E-state index contributed by atoms with van der Waals surface area (Å²) in [5.41, 5.74) is 2.10. The van der Waals surface area contributed by atoms with Gasteiger partial charge in [0.15, 0.2) is 0 Å². The fraction of sp³-hybridized carbons (Fsp3) is 0.455. The summed E-state index contributed by atoms with van der Waals surface area (Å²) in [5.74, 6) is 1.50. The van der Waals surface area contributed by atoms with Gasteiger partial charge in [0.25, 0.3) is 0 Å². The summed E-state index contributed by atoms with van der Waals surface area (Å²) in [7, 11) is 0. The molecular weight excluding hydrogens is 219 g/mol. The van der Waals surface area contributed by atoms with Gasteiger partial charge in [0.2, 0.25) is 0 Å². The van der Waals surface area contributed by atoms with E-state index in [4.69, 9.17) is 27.9 Å². The number of benzene rings is 1. The highest BCUT2D eigenvalue weighted by Gasteiger charge is 2.02. The third kappa shape index (κ3) is 3.07. The summed E-state index contributed by atoms with van der Waals surface area (Å²) in [6.07, 6.45) is 0.863. The Labute approximate surface area is 95.0 Å². The van der Waals surface area contributed by atoms with Crippen LogP contribution in [0.2, 0.25) is 5.02 Å². The molecule has 1 aromatic rings. The highest BCUT2D eigenvalue weighted by Crippen LogP contribution is 2.25. The first kappa shape index (κ1) is 11.7. The number of aryl methyl sites for hydroxylation is 2. The summed E-state index contributed by atoms with van der Waals surface area (Å²) in [4.78, 5) is 0. The number of ether oxygens (including phenoxy) is 1. The van der Waals surface area contributed by atoms with Gasteiger partial charge in [0, 0.05) is 10.9 Å². The fourth-order valence-electron chi connectivity index (χ4n) is 1.23. The molecule has 0 heterocycles. The Kier molecular flexibility index (Phi) is 4.56. The second kappa shape index (κ2) is 5.47. The monoisotopic (exact) mass is 232 g/mol. The third-order valence-corrected chi connectivity index (χ3v) is 2.82. The maximum Gasteiger partial charge on any atom is 0.119 e. The van der Waals surface area contributed by atoms with E-state index in [0.717, 1.165) is 28.3 Å². The molecule has 0 N–H and O–H groups in total. The second-order valence-electron chi connectivity index (χ2n) is 3.26. The van der Waals surface area contributed by atoms with Crippen molar-refractivity contribution < 1.29 is 4.74 Å². The van der Waals surface area contributed by atoms with Crippen LogP contribution in [0.4, 0.5) is 0 Å². The van der Waals surface area contributed by atoms with Crippen molar-refractivity contribution >= 4 is 23.2 Å². The Morgan fingerprint density at radius 2 is 1.79 bits per heavy atom. The molecule has 78 valence electrons. The zero-order valence-electron chi connectivity index (χ0n) is 8.44. The molecule has 14 heavy (non-hydrogen) atoms. The Morgan fingerprint density at radius 3 is 2.29 bits per heavy atom. The average molecular weight is 233 g/mol. The Balaban J connectivity index is 2.69. The van der Waals surface area contributed by atoms with Gasteiger partial charge in [0.1, 0.15) is 5.75 Å². The molecule has 0 aliphatic heterocycles. The molecule has 3 heteroatoms. The summed E-state index contributed by atoms with van der Waals surface area (Å²) >= 11 is 11.6. The predicted octanol–water partition coefficient (Wildman–Crippen LogP) is 3.96. The Morgan fingerprint density at radius 1 is 1.21 bits per heavy atom. The molecule has 0 bridgehead atoms. The van der Waals surface area contributed by atoms with E-state index in [0.29, 0.717) is 12.5 Å². The van der Waals surface area contributed by atoms with Gasteiger partial charge < -0.3 is 4.74 Å². The Hall–Kier alpha value is -0.400. The molecule has 0 spiro atoms. The average Bonchev–Trinajstić information content (AvgIpc) is 2.14. The van der Waals surface area contributed by atoms with E-state index in [9.17, 15) is 0 Å². The molecule has 0 saturated heterocycles. The minimum absolute atomic E-state index is 0.631. The van der Waals surface area contributed by atoms with Crippen molar-refractivity contribution in [3.63, 3.8) is 0 Å². The van der Waals surface area contributed by atoms with Crippen molar-refractivity contribution in [3.8, 4) is 5.75 Å². The fourth-order valence-corrected chi connectivity index (χ4v) is 1.45. The van der Waals surface area contributed by atoms with Crippen LogP contribution in [0.15, 0.2) is 12.1 Å². The van der Waals surface area contributed by atoms with E-state index in [-0.39, 0.29) is 0 Å². The summed E-state index contributed by atoms with van der Waals surface area (Å²) in [6, 6.07) is 3.90. The highest BCUT2D eigenvalue weighted by molar-refractivity contribution is 6.32. The van der Waals surface area contributed by atoms with Gasteiger partial charge in [-0.25, -0.2) is 0 Å². The molecule has 0 saturated carbocycles. The number of alkyl halides is 1. The van der Waals surface area contributed by atoms with E-state index in [1.165, 1.54) is 0 Å². The van der Waals surface area contributed by atoms with Gasteiger partial charge in [0.05, 0.1) is 6.61 Å². The molecule has 0 atom stereocenters. The minimum Gasteiger partial charge on any atom is -0.494 e. The number of hydrogen-bond donors (Lipinski definition) is 0. The molecule has 1 aromatic carbocycles. The molecule has 0 aliphatic rings. The highest BCUT2D eigenvalue weighted by atomic mass is 35.5. The lowest BCUT2D eigenvalue weighted by atomic mass is 10.1. The largest absolute Gasteiger partial charge is 0.494 e. The topological polar surface area (TPSA) is 9.23 Å². The lowest BCUT2D eigenvalue weighted by Crippen LogP contribution is -1.98. The number of rotatable bonds is 4. The predicted molar refractivity (Wildman–Crippen MR) is 61.8 cm³/mol. The van der Waals surface area contributed by atoms with Gasteiger partial charge in [-0.2, -0.15) is 0 Å². The van der Waals surface area contributed by atoms with Crippen LogP contribution in [0, 0.1) is 13.8 Å². The standard InChI is InChI=1S/C11H14Cl2O/c1-8-6-10(14-5-3-4-12)7-9(2)11(8)13/h6-7H,3-5H2,1-2H3. The molecule has 0 fully saturated rings. The summed E-state index contributed by atoms with van der Waals surface area (Å²) < 4.78 is 5.52. The van der Waals surface area contributed by atoms with Crippen molar-refractivity contribution in [1.82, 2.24) is 0 Å². The van der Waals surface area contributed by atoms with Crippen molar-refractivity contribution in [3.05, 3.63) is 28.3 Å². The van der Waals surface area contributed by atoms with Crippen LogP contribution in [-0.2, 0) is 0 Å². The first-order valence-electron chi connectivity index (χ1n) is 4.60. The maximum atomic E-state index is 6.03. The van der Waals surface area contributed by atoms with Gasteiger partial charge in [-0.3, -0.25) is 0 Å². The van der Waals surface area contributed by atoms with Crippen LogP contribution in [0.3, 0.4) is 0 Å². The maximum absolute atomic E-state index is 6.03. The van der Waals surface area contributed by atoms with Gasteiger partial charge in [-0.1, -0.05) is 11.6 Å². The van der Waals surface area contributed by atoms with Crippen molar-refractivity contribution in [2.45, 2.75) is 20.3 Å². The van der Waals surface area contributed by atoms with E-state index >= 15 is 0 Å². The second-order valence-corrected chi connectivity index (χ2v) is 4.02. The smallest absolute Gasteiger partial charge is 0.119 e. The number of hydrogen-bond acceptors (Lipinski definition) is 1. The van der Waals surface area contributed by atoms with Crippen LogP contribution >= 0.6 is 23.2 Å². The van der Waals surface area contributed by atoms with Crippen molar-refractivity contribution in [2.75, 3.05) is 12.5 Å².